The number of hydrogen-bond donors (Lipinski definition) is 1. The zero-order valence-electron chi connectivity index (χ0n) is 13.7. The van der Waals surface area contributed by atoms with Gasteiger partial charge in [-0.15, -0.1) is 0 Å². The van der Waals surface area contributed by atoms with Gasteiger partial charge in [0.1, 0.15) is 0 Å². The van der Waals surface area contributed by atoms with Crippen LogP contribution in [0.5, 0.6) is 0 Å². The van der Waals surface area contributed by atoms with E-state index in [0.29, 0.717) is 5.41 Å². The highest BCUT2D eigenvalue weighted by atomic mass is 35.5. The van der Waals surface area contributed by atoms with Crippen molar-refractivity contribution in [3.05, 3.63) is 28.8 Å². The fourth-order valence-corrected chi connectivity index (χ4v) is 3.37. The van der Waals surface area contributed by atoms with E-state index in [4.69, 9.17) is 17.3 Å². The van der Waals surface area contributed by atoms with Crippen LogP contribution >= 0.6 is 11.6 Å². The van der Waals surface area contributed by atoms with E-state index in [2.05, 4.69) is 43.9 Å². The smallest absolute Gasteiger partial charge is 0.0642 e. The third-order valence-corrected chi connectivity index (χ3v) is 5.02. The van der Waals surface area contributed by atoms with E-state index in [1.165, 1.54) is 30.5 Å². The Morgan fingerprint density at radius 1 is 1.29 bits per heavy atom. The third-order valence-electron chi connectivity index (χ3n) is 4.72. The zero-order chi connectivity index (χ0) is 15.5. The first kappa shape index (κ1) is 16.6. The highest BCUT2D eigenvalue weighted by Crippen LogP contribution is 2.34. The molecule has 0 amide bonds. The summed E-state index contributed by atoms with van der Waals surface area (Å²) in [4.78, 5) is 2.45. The molecule has 2 rings (SSSR count). The van der Waals surface area contributed by atoms with E-state index in [9.17, 15) is 0 Å². The van der Waals surface area contributed by atoms with Crippen molar-refractivity contribution in [2.75, 3.05) is 18.0 Å². The van der Waals surface area contributed by atoms with Gasteiger partial charge in [0.25, 0.3) is 0 Å². The molecule has 0 spiro atoms. The minimum absolute atomic E-state index is 0.228. The summed E-state index contributed by atoms with van der Waals surface area (Å²) in [7, 11) is 0. The zero-order valence-corrected chi connectivity index (χ0v) is 14.4. The molecule has 0 radical (unpaired) electrons. The Balaban J connectivity index is 2.10. The summed E-state index contributed by atoms with van der Waals surface area (Å²) in [6.45, 7) is 9.07. The Morgan fingerprint density at radius 3 is 2.71 bits per heavy atom. The van der Waals surface area contributed by atoms with Gasteiger partial charge in [0.15, 0.2) is 0 Å². The molecule has 0 aromatic heterocycles. The average Bonchev–Trinajstić information content (AvgIpc) is 2.60. The molecule has 2 nitrogen and oxygen atoms in total. The lowest BCUT2D eigenvalue weighted by atomic mass is 9.85. The number of hydrogen-bond acceptors (Lipinski definition) is 2. The minimum atomic E-state index is 0.228. The van der Waals surface area contributed by atoms with Crippen LogP contribution in [0.25, 0.3) is 0 Å². The summed E-state index contributed by atoms with van der Waals surface area (Å²) in [5.74, 6) is 0. The number of halogens is 1. The Morgan fingerprint density at radius 2 is 2.05 bits per heavy atom. The van der Waals surface area contributed by atoms with E-state index in [-0.39, 0.29) is 6.04 Å². The number of nitrogens with two attached hydrogens (primary N) is 1. The largest absolute Gasteiger partial charge is 0.370 e. The first-order chi connectivity index (χ1) is 9.91. The maximum atomic E-state index is 6.53. The number of rotatable bonds is 4. The van der Waals surface area contributed by atoms with Gasteiger partial charge in [-0.05, 0) is 55.2 Å². The van der Waals surface area contributed by atoms with Gasteiger partial charge in [-0.25, -0.2) is 0 Å². The van der Waals surface area contributed by atoms with Crippen LogP contribution in [-0.2, 0) is 6.42 Å². The summed E-state index contributed by atoms with van der Waals surface area (Å²) in [5, 5.41) is 0.871. The highest BCUT2D eigenvalue weighted by Gasteiger charge is 2.24. The van der Waals surface area contributed by atoms with Crippen LogP contribution in [0.3, 0.4) is 0 Å². The van der Waals surface area contributed by atoms with Crippen LogP contribution in [0.1, 0.15) is 52.0 Å². The SMILES string of the molecule is CCC(N)Cc1ccc(N2CCCC(C)(C)CC2)c(Cl)c1. The number of benzene rings is 1. The standard InChI is InChI=1S/C18H29ClN2/c1-4-15(20)12-14-6-7-17(16(19)13-14)21-10-5-8-18(2,3)9-11-21/h6-7,13,15H,4-5,8-12,20H2,1-3H3. The van der Waals surface area contributed by atoms with Gasteiger partial charge < -0.3 is 10.6 Å². The predicted octanol–water partition coefficient (Wildman–Crippen LogP) is 4.64. The van der Waals surface area contributed by atoms with E-state index in [1.54, 1.807) is 0 Å². The summed E-state index contributed by atoms with van der Waals surface area (Å²) in [6, 6.07) is 6.69. The third kappa shape index (κ3) is 4.62. The van der Waals surface area contributed by atoms with E-state index >= 15 is 0 Å². The molecule has 3 heteroatoms. The van der Waals surface area contributed by atoms with Crippen molar-refractivity contribution in [3.8, 4) is 0 Å². The molecular formula is C18H29ClN2. The predicted molar refractivity (Wildman–Crippen MR) is 93.3 cm³/mol. The van der Waals surface area contributed by atoms with Crippen molar-refractivity contribution in [1.82, 2.24) is 0 Å². The van der Waals surface area contributed by atoms with Gasteiger partial charge in [-0.2, -0.15) is 0 Å². The Bertz CT molecular complexity index is 470. The molecule has 0 bridgehead atoms. The summed E-state index contributed by atoms with van der Waals surface area (Å²) < 4.78 is 0. The second-order valence-electron chi connectivity index (χ2n) is 7.16. The maximum absolute atomic E-state index is 6.53. The Kier molecular flexibility index (Phi) is 5.56. The van der Waals surface area contributed by atoms with Crippen molar-refractivity contribution in [2.24, 2.45) is 11.1 Å². The van der Waals surface area contributed by atoms with Gasteiger partial charge in [-0.1, -0.05) is 38.4 Å². The molecule has 0 aliphatic carbocycles. The Hall–Kier alpha value is -0.730. The molecule has 1 saturated heterocycles. The highest BCUT2D eigenvalue weighted by molar-refractivity contribution is 6.33. The molecule has 1 fully saturated rings. The number of anilines is 1. The molecule has 1 aromatic carbocycles. The minimum Gasteiger partial charge on any atom is -0.370 e. The Labute approximate surface area is 134 Å². The van der Waals surface area contributed by atoms with Crippen LogP contribution in [0.2, 0.25) is 5.02 Å². The molecule has 1 aromatic rings. The lowest BCUT2D eigenvalue weighted by Crippen LogP contribution is -2.25. The lowest BCUT2D eigenvalue weighted by Gasteiger charge is -2.26. The van der Waals surface area contributed by atoms with Crippen LogP contribution < -0.4 is 10.6 Å². The van der Waals surface area contributed by atoms with Crippen molar-refractivity contribution in [3.63, 3.8) is 0 Å². The molecule has 1 atom stereocenters. The maximum Gasteiger partial charge on any atom is 0.0642 e. The molecule has 1 unspecified atom stereocenters. The first-order valence-corrected chi connectivity index (χ1v) is 8.58. The molecule has 21 heavy (non-hydrogen) atoms. The topological polar surface area (TPSA) is 29.3 Å². The van der Waals surface area contributed by atoms with Crippen LogP contribution in [0.4, 0.5) is 5.69 Å². The van der Waals surface area contributed by atoms with Gasteiger partial charge >= 0.3 is 0 Å². The molecule has 118 valence electrons. The van der Waals surface area contributed by atoms with E-state index in [1.807, 2.05) is 0 Å². The monoisotopic (exact) mass is 308 g/mol. The molecular weight excluding hydrogens is 280 g/mol. The number of nitrogens with zero attached hydrogens (tertiary/aromatic N) is 1. The van der Waals surface area contributed by atoms with E-state index < -0.39 is 0 Å². The normalized spacial score (nSPS) is 20.1. The van der Waals surface area contributed by atoms with Gasteiger partial charge in [-0.3, -0.25) is 0 Å². The average molecular weight is 309 g/mol. The molecule has 1 aliphatic rings. The van der Waals surface area contributed by atoms with Crippen molar-refractivity contribution >= 4 is 17.3 Å². The van der Waals surface area contributed by atoms with Crippen molar-refractivity contribution < 1.29 is 0 Å². The second-order valence-corrected chi connectivity index (χ2v) is 7.57. The second kappa shape index (κ2) is 7.02. The quantitative estimate of drug-likeness (QED) is 0.878. The van der Waals surface area contributed by atoms with Crippen LogP contribution in [-0.4, -0.2) is 19.1 Å². The summed E-state index contributed by atoms with van der Waals surface area (Å²) in [5.41, 5.74) is 8.91. The fourth-order valence-electron chi connectivity index (χ4n) is 3.04. The molecule has 1 heterocycles. The molecule has 0 saturated carbocycles. The van der Waals surface area contributed by atoms with Crippen molar-refractivity contribution in [1.29, 1.82) is 0 Å². The fraction of sp³-hybridized carbons (Fsp3) is 0.667. The summed E-state index contributed by atoms with van der Waals surface area (Å²) in [6.07, 6.45) is 5.67. The summed E-state index contributed by atoms with van der Waals surface area (Å²) >= 11 is 6.53. The van der Waals surface area contributed by atoms with Gasteiger partial charge in [0.2, 0.25) is 0 Å². The molecule has 2 N–H and O–H groups in total. The first-order valence-electron chi connectivity index (χ1n) is 8.20. The van der Waals surface area contributed by atoms with Crippen molar-refractivity contribution in [2.45, 2.75) is 58.9 Å². The van der Waals surface area contributed by atoms with Crippen LogP contribution in [0, 0.1) is 5.41 Å². The van der Waals surface area contributed by atoms with E-state index in [0.717, 1.165) is 31.0 Å². The van der Waals surface area contributed by atoms with Gasteiger partial charge in [0.05, 0.1) is 10.7 Å². The van der Waals surface area contributed by atoms with Gasteiger partial charge in [0, 0.05) is 19.1 Å². The lowest BCUT2D eigenvalue weighted by molar-refractivity contribution is 0.325. The van der Waals surface area contributed by atoms with Crippen LogP contribution in [0.15, 0.2) is 18.2 Å². The molecule has 1 aliphatic heterocycles.